The molecule has 5 rings (SSSR count). The van der Waals surface area contributed by atoms with E-state index in [1.807, 2.05) is 18.2 Å². The number of aromatic nitrogens is 3. The maximum Gasteiger partial charge on any atom is 0.433 e. The number of halogens is 5. The number of nitrogens with one attached hydrogen (secondary N) is 3. The van der Waals surface area contributed by atoms with Gasteiger partial charge < -0.3 is 10.6 Å². The number of rotatable bonds is 5. The van der Waals surface area contributed by atoms with E-state index >= 15 is 0 Å². The standard InChI is InChI=1S/C26H22Cl2F3N5O/c27-14-5-10-20-18(11-14)21(13-24(34-20)26(29,30)31)32-15-6-8-16(9-7-15)33-25(37)23-12-22(35-36-23)17-3-1-2-4-19(17)28/h1-5,10-13,15-16H,6-9H2,(H,32,34)(H,33,37)(H,35,36)/t15-,16+. The van der Waals surface area contributed by atoms with E-state index in [0.717, 1.165) is 11.6 Å². The molecule has 6 nitrogen and oxygen atoms in total. The minimum Gasteiger partial charge on any atom is -0.382 e. The third-order valence-electron chi connectivity index (χ3n) is 6.46. The molecule has 0 spiro atoms. The number of alkyl halides is 3. The molecule has 1 saturated carbocycles. The van der Waals surface area contributed by atoms with Gasteiger partial charge >= 0.3 is 6.18 Å². The molecular weight excluding hydrogens is 526 g/mol. The number of anilines is 1. The van der Waals surface area contributed by atoms with Crippen LogP contribution in [0.25, 0.3) is 22.2 Å². The number of H-pyrrole nitrogens is 1. The Balaban J connectivity index is 1.23. The second-order valence-electron chi connectivity index (χ2n) is 9.03. The number of hydrogen-bond acceptors (Lipinski definition) is 4. The lowest BCUT2D eigenvalue weighted by Crippen LogP contribution is -2.40. The van der Waals surface area contributed by atoms with Gasteiger partial charge in [-0.3, -0.25) is 9.89 Å². The minimum absolute atomic E-state index is 0.0592. The fraction of sp³-hybridized carbons (Fsp3) is 0.269. The first kappa shape index (κ1) is 25.4. The van der Waals surface area contributed by atoms with E-state index < -0.39 is 11.9 Å². The number of amides is 1. The van der Waals surface area contributed by atoms with Crippen molar-refractivity contribution >= 4 is 45.7 Å². The Bertz CT molecular complexity index is 1450. The number of hydrogen-bond donors (Lipinski definition) is 3. The molecule has 11 heteroatoms. The fourth-order valence-electron chi connectivity index (χ4n) is 4.58. The summed E-state index contributed by atoms with van der Waals surface area (Å²) in [5, 5.41) is 14.7. The zero-order valence-electron chi connectivity index (χ0n) is 19.4. The van der Waals surface area contributed by atoms with Crippen LogP contribution in [0.1, 0.15) is 41.9 Å². The van der Waals surface area contributed by atoms with Crippen LogP contribution in [0.5, 0.6) is 0 Å². The largest absolute Gasteiger partial charge is 0.433 e. The lowest BCUT2D eigenvalue weighted by molar-refractivity contribution is -0.140. The van der Waals surface area contributed by atoms with Crippen LogP contribution in [0, 0.1) is 0 Å². The van der Waals surface area contributed by atoms with E-state index in [-0.39, 0.29) is 29.2 Å². The number of carbonyl (C=O) groups excluding carboxylic acids is 1. The summed E-state index contributed by atoms with van der Waals surface area (Å²) >= 11 is 12.3. The molecule has 2 aromatic heterocycles. The zero-order valence-corrected chi connectivity index (χ0v) is 20.9. The van der Waals surface area contributed by atoms with E-state index in [1.165, 1.54) is 12.1 Å². The SMILES string of the molecule is O=C(N[C@H]1CC[C@@H](Nc2cc(C(F)(F)F)nc3ccc(Cl)cc23)CC1)c1cc(-c2ccccc2Cl)[nH]n1. The highest BCUT2D eigenvalue weighted by Crippen LogP contribution is 2.35. The molecule has 0 radical (unpaired) electrons. The second kappa shape index (κ2) is 10.2. The molecule has 0 unspecified atom stereocenters. The predicted molar refractivity (Wildman–Crippen MR) is 138 cm³/mol. The van der Waals surface area contributed by atoms with Crippen LogP contribution in [0.3, 0.4) is 0 Å². The maximum atomic E-state index is 13.4. The molecule has 1 amide bonds. The van der Waals surface area contributed by atoms with Crippen LogP contribution in [0.4, 0.5) is 18.9 Å². The van der Waals surface area contributed by atoms with Crippen molar-refractivity contribution in [3.8, 4) is 11.3 Å². The highest BCUT2D eigenvalue weighted by Gasteiger charge is 2.34. The van der Waals surface area contributed by atoms with Gasteiger partial charge in [0.05, 0.1) is 11.2 Å². The molecule has 4 aromatic rings. The molecule has 0 atom stereocenters. The average Bonchev–Trinajstić information content (AvgIpc) is 3.35. The van der Waals surface area contributed by atoms with Gasteiger partial charge in [0, 0.05) is 38.8 Å². The van der Waals surface area contributed by atoms with Gasteiger partial charge in [-0.05, 0) is 62.1 Å². The molecule has 37 heavy (non-hydrogen) atoms. The van der Waals surface area contributed by atoms with Crippen molar-refractivity contribution < 1.29 is 18.0 Å². The van der Waals surface area contributed by atoms with Gasteiger partial charge in [0.2, 0.25) is 0 Å². The van der Waals surface area contributed by atoms with Gasteiger partial charge in [-0.15, -0.1) is 0 Å². The average molecular weight is 548 g/mol. The Morgan fingerprint density at radius 2 is 1.70 bits per heavy atom. The summed E-state index contributed by atoms with van der Waals surface area (Å²) in [6, 6.07) is 14.4. The van der Waals surface area contributed by atoms with Crippen molar-refractivity contribution in [3.05, 3.63) is 76.0 Å². The van der Waals surface area contributed by atoms with Crippen LogP contribution < -0.4 is 10.6 Å². The molecule has 0 saturated heterocycles. The molecule has 1 fully saturated rings. The Kier molecular flexibility index (Phi) is 7.00. The first-order valence-corrected chi connectivity index (χ1v) is 12.5. The summed E-state index contributed by atoms with van der Waals surface area (Å²) < 4.78 is 40.2. The molecule has 0 bridgehead atoms. The summed E-state index contributed by atoms with van der Waals surface area (Å²) in [7, 11) is 0. The van der Waals surface area contributed by atoms with Crippen molar-refractivity contribution in [1.29, 1.82) is 0 Å². The number of fused-ring (bicyclic) bond motifs is 1. The van der Waals surface area contributed by atoms with Crippen LogP contribution in [0.2, 0.25) is 10.0 Å². The van der Waals surface area contributed by atoms with Gasteiger partial charge in [0.1, 0.15) is 5.69 Å². The number of benzene rings is 2. The molecule has 1 aliphatic rings. The molecule has 2 aromatic carbocycles. The number of pyridine rings is 1. The van der Waals surface area contributed by atoms with Crippen LogP contribution in [-0.2, 0) is 6.18 Å². The Morgan fingerprint density at radius 3 is 2.43 bits per heavy atom. The lowest BCUT2D eigenvalue weighted by Gasteiger charge is -2.30. The topological polar surface area (TPSA) is 82.7 Å². The van der Waals surface area contributed by atoms with Crippen molar-refractivity contribution in [1.82, 2.24) is 20.5 Å². The quantitative estimate of drug-likeness (QED) is 0.249. The van der Waals surface area contributed by atoms with Crippen molar-refractivity contribution in [2.45, 2.75) is 43.9 Å². The summed E-state index contributed by atoms with van der Waals surface area (Å²) in [4.78, 5) is 16.5. The van der Waals surface area contributed by atoms with Crippen molar-refractivity contribution in [2.75, 3.05) is 5.32 Å². The van der Waals surface area contributed by atoms with Gasteiger partial charge in [-0.2, -0.15) is 18.3 Å². The summed E-state index contributed by atoms with van der Waals surface area (Å²) in [6.45, 7) is 0. The van der Waals surface area contributed by atoms with E-state index in [0.29, 0.717) is 52.5 Å². The predicted octanol–water partition coefficient (Wildman–Crippen LogP) is 7.10. The second-order valence-corrected chi connectivity index (χ2v) is 9.87. The van der Waals surface area contributed by atoms with Gasteiger partial charge in [0.25, 0.3) is 5.91 Å². The molecular formula is C26H22Cl2F3N5O. The van der Waals surface area contributed by atoms with Crippen molar-refractivity contribution in [2.24, 2.45) is 0 Å². The first-order valence-electron chi connectivity index (χ1n) is 11.7. The summed E-state index contributed by atoms with van der Waals surface area (Å²) in [5.41, 5.74) is 1.26. The minimum atomic E-state index is -4.57. The zero-order chi connectivity index (χ0) is 26.2. The lowest BCUT2D eigenvalue weighted by atomic mass is 9.90. The number of carbonyl (C=O) groups is 1. The highest BCUT2D eigenvalue weighted by molar-refractivity contribution is 6.33. The van der Waals surface area contributed by atoms with E-state index in [1.54, 1.807) is 18.2 Å². The number of aromatic amines is 1. The molecule has 192 valence electrons. The van der Waals surface area contributed by atoms with Crippen molar-refractivity contribution in [3.63, 3.8) is 0 Å². The van der Waals surface area contributed by atoms with E-state index in [2.05, 4.69) is 25.8 Å². The van der Waals surface area contributed by atoms with Gasteiger partial charge in [0.15, 0.2) is 5.69 Å². The Hall–Kier alpha value is -3.30. The van der Waals surface area contributed by atoms with Crippen LogP contribution in [-0.4, -0.2) is 33.2 Å². The maximum absolute atomic E-state index is 13.4. The van der Waals surface area contributed by atoms with Crippen LogP contribution >= 0.6 is 23.2 Å². The Labute approximate surface area is 220 Å². The first-order chi connectivity index (χ1) is 17.7. The van der Waals surface area contributed by atoms with Crippen LogP contribution in [0.15, 0.2) is 54.6 Å². The Morgan fingerprint density at radius 1 is 0.973 bits per heavy atom. The smallest absolute Gasteiger partial charge is 0.382 e. The third-order valence-corrected chi connectivity index (χ3v) is 7.02. The molecule has 1 aliphatic carbocycles. The van der Waals surface area contributed by atoms with E-state index in [9.17, 15) is 18.0 Å². The fourth-order valence-corrected chi connectivity index (χ4v) is 4.99. The highest BCUT2D eigenvalue weighted by atomic mass is 35.5. The summed E-state index contributed by atoms with van der Waals surface area (Å²) in [6.07, 6.45) is -1.89. The summed E-state index contributed by atoms with van der Waals surface area (Å²) in [5.74, 6) is -0.296. The van der Waals surface area contributed by atoms with Gasteiger partial charge in [-0.1, -0.05) is 41.4 Å². The monoisotopic (exact) mass is 547 g/mol. The molecule has 2 heterocycles. The molecule has 0 aliphatic heterocycles. The third kappa shape index (κ3) is 5.67. The normalized spacial score (nSPS) is 18.1. The number of nitrogens with zero attached hydrogens (tertiary/aromatic N) is 2. The van der Waals surface area contributed by atoms with E-state index in [4.69, 9.17) is 23.2 Å². The van der Waals surface area contributed by atoms with Gasteiger partial charge in [-0.25, -0.2) is 4.98 Å². The molecule has 3 N–H and O–H groups in total.